The zero-order valence-corrected chi connectivity index (χ0v) is 19.1. The number of amides is 1. The predicted octanol–water partition coefficient (Wildman–Crippen LogP) is 5.15. The molecule has 0 unspecified atom stereocenters. The van der Waals surface area contributed by atoms with Gasteiger partial charge in [-0.05, 0) is 55.6 Å². The Kier molecular flexibility index (Phi) is 6.34. The molecule has 0 saturated carbocycles. The van der Waals surface area contributed by atoms with Crippen LogP contribution in [-0.2, 0) is 0 Å². The Morgan fingerprint density at radius 1 is 1.13 bits per heavy atom. The van der Waals surface area contributed by atoms with E-state index in [1.54, 1.807) is 23.5 Å². The summed E-state index contributed by atoms with van der Waals surface area (Å²) in [5.41, 5.74) is 3.17. The van der Waals surface area contributed by atoms with Gasteiger partial charge >= 0.3 is 0 Å². The van der Waals surface area contributed by atoms with Crippen LogP contribution in [0.5, 0.6) is 0 Å². The Morgan fingerprint density at radius 2 is 1.90 bits per heavy atom. The van der Waals surface area contributed by atoms with E-state index in [4.69, 9.17) is 0 Å². The number of anilines is 1. The molecule has 1 N–H and O–H groups in total. The fourth-order valence-electron chi connectivity index (χ4n) is 3.96. The largest absolute Gasteiger partial charge is 0.313 e. The van der Waals surface area contributed by atoms with E-state index in [1.807, 2.05) is 23.6 Å². The molecule has 0 bridgehead atoms. The topological polar surface area (TPSA) is 35.6 Å². The molecule has 1 aromatic carbocycles. The van der Waals surface area contributed by atoms with Crippen molar-refractivity contribution in [2.45, 2.75) is 19.9 Å². The highest BCUT2D eigenvalue weighted by molar-refractivity contribution is 7.17. The molecule has 7 heteroatoms. The molecule has 158 valence electrons. The highest BCUT2D eigenvalue weighted by Crippen LogP contribution is 2.42. The number of thiophene rings is 2. The van der Waals surface area contributed by atoms with Gasteiger partial charge in [0.2, 0.25) is 0 Å². The summed E-state index contributed by atoms with van der Waals surface area (Å²) in [7, 11) is 2.13. The first-order valence-corrected chi connectivity index (χ1v) is 11.8. The maximum Gasteiger partial charge on any atom is 0.266 e. The van der Waals surface area contributed by atoms with Crippen molar-refractivity contribution in [1.29, 1.82) is 0 Å². The van der Waals surface area contributed by atoms with Crippen molar-refractivity contribution in [2.75, 3.05) is 38.5 Å². The lowest BCUT2D eigenvalue weighted by molar-refractivity contribution is 0.103. The smallest absolute Gasteiger partial charge is 0.266 e. The van der Waals surface area contributed by atoms with Crippen LogP contribution < -0.4 is 5.32 Å². The van der Waals surface area contributed by atoms with Gasteiger partial charge in [-0.2, -0.15) is 0 Å². The fraction of sp³-hybridized carbons (Fsp3) is 0.348. The van der Waals surface area contributed by atoms with E-state index in [0.717, 1.165) is 47.9 Å². The van der Waals surface area contributed by atoms with E-state index < -0.39 is 0 Å². The molecule has 3 aromatic rings. The van der Waals surface area contributed by atoms with E-state index in [2.05, 4.69) is 36.0 Å². The minimum Gasteiger partial charge on any atom is -0.313 e. The number of nitrogens with zero attached hydrogens (tertiary/aromatic N) is 2. The molecular weight excluding hydrogens is 417 g/mol. The van der Waals surface area contributed by atoms with Crippen LogP contribution in [0.1, 0.15) is 37.3 Å². The van der Waals surface area contributed by atoms with Crippen molar-refractivity contribution in [2.24, 2.45) is 0 Å². The molecular formula is C23H26FN3OS2. The number of likely N-dealkylation sites (N-methyl/N-ethyl adjacent to an activating group) is 1. The molecule has 1 aliphatic rings. The molecule has 0 spiro atoms. The SMILES string of the molecule is Cc1sc(NC(=O)c2cccs2)c([C@H](c2cccc(F)c2)N2CCN(C)CC2)c1C. The van der Waals surface area contributed by atoms with Crippen molar-refractivity contribution in [1.82, 2.24) is 9.80 Å². The van der Waals surface area contributed by atoms with Gasteiger partial charge in [-0.1, -0.05) is 18.2 Å². The van der Waals surface area contributed by atoms with Gasteiger partial charge < -0.3 is 10.2 Å². The van der Waals surface area contributed by atoms with Gasteiger partial charge in [-0.3, -0.25) is 9.69 Å². The van der Waals surface area contributed by atoms with E-state index in [1.165, 1.54) is 22.3 Å². The highest BCUT2D eigenvalue weighted by Gasteiger charge is 2.31. The van der Waals surface area contributed by atoms with Crippen LogP contribution in [0, 0.1) is 19.7 Å². The number of benzene rings is 1. The highest BCUT2D eigenvalue weighted by atomic mass is 32.1. The van der Waals surface area contributed by atoms with Gasteiger partial charge in [0, 0.05) is 36.6 Å². The lowest BCUT2D eigenvalue weighted by Gasteiger charge is -2.39. The Morgan fingerprint density at radius 3 is 2.57 bits per heavy atom. The molecule has 0 radical (unpaired) electrons. The number of hydrogen-bond donors (Lipinski definition) is 1. The maximum atomic E-state index is 14.2. The third-order valence-electron chi connectivity index (χ3n) is 5.74. The number of carbonyl (C=O) groups excluding carboxylic acids is 1. The second kappa shape index (κ2) is 8.98. The number of nitrogens with one attached hydrogen (secondary N) is 1. The Bertz CT molecular complexity index is 1020. The second-order valence-corrected chi connectivity index (χ2v) is 9.93. The number of hydrogen-bond acceptors (Lipinski definition) is 5. The number of halogens is 1. The summed E-state index contributed by atoms with van der Waals surface area (Å²) in [4.78, 5) is 19.4. The van der Waals surface area contributed by atoms with Gasteiger partial charge in [-0.25, -0.2) is 4.39 Å². The van der Waals surface area contributed by atoms with Crippen molar-refractivity contribution in [3.05, 3.63) is 74.0 Å². The quantitative estimate of drug-likeness (QED) is 0.592. The Hall–Kier alpha value is -2.06. The van der Waals surface area contributed by atoms with Crippen LogP contribution in [0.2, 0.25) is 0 Å². The molecule has 1 amide bonds. The van der Waals surface area contributed by atoms with Gasteiger partial charge in [0.05, 0.1) is 10.9 Å². The van der Waals surface area contributed by atoms with Crippen LogP contribution in [0.3, 0.4) is 0 Å². The third-order valence-corrected chi connectivity index (χ3v) is 7.75. The summed E-state index contributed by atoms with van der Waals surface area (Å²) < 4.78 is 14.2. The van der Waals surface area contributed by atoms with Crippen LogP contribution in [0.4, 0.5) is 9.39 Å². The van der Waals surface area contributed by atoms with E-state index in [0.29, 0.717) is 4.88 Å². The van der Waals surface area contributed by atoms with Gasteiger partial charge in [0.25, 0.3) is 5.91 Å². The van der Waals surface area contributed by atoms with Crippen molar-refractivity contribution < 1.29 is 9.18 Å². The first-order valence-electron chi connectivity index (χ1n) is 10.1. The molecule has 1 aliphatic heterocycles. The molecule has 4 rings (SSSR count). The zero-order chi connectivity index (χ0) is 21.3. The summed E-state index contributed by atoms with van der Waals surface area (Å²) in [6, 6.07) is 10.5. The number of rotatable bonds is 5. The lowest BCUT2D eigenvalue weighted by Crippen LogP contribution is -2.46. The summed E-state index contributed by atoms with van der Waals surface area (Å²) in [6.45, 7) is 7.89. The Balaban J connectivity index is 1.77. The molecule has 1 atom stereocenters. The summed E-state index contributed by atoms with van der Waals surface area (Å²) in [5.74, 6) is -0.329. The van der Waals surface area contributed by atoms with Crippen LogP contribution in [-0.4, -0.2) is 48.9 Å². The number of carbonyl (C=O) groups is 1. The van der Waals surface area contributed by atoms with Gasteiger partial charge in [0.15, 0.2) is 0 Å². The fourth-order valence-corrected chi connectivity index (χ4v) is 5.66. The average Bonchev–Trinajstić information content (AvgIpc) is 3.35. The standard InChI is InChI=1S/C23H26FN3OS2/c1-15-16(2)30-23(25-22(28)19-8-5-13-29-19)20(15)21(17-6-4-7-18(24)14-17)27-11-9-26(3)10-12-27/h4-8,13-14,21H,9-12H2,1-3H3,(H,25,28)/t21-/m0/s1. The summed E-state index contributed by atoms with van der Waals surface area (Å²) >= 11 is 3.03. The van der Waals surface area contributed by atoms with E-state index in [9.17, 15) is 9.18 Å². The summed E-state index contributed by atoms with van der Waals surface area (Å²) in [5, 5.41) is 5.91. The van der Waals surface area contributed by atoms with Crippen LogP contribution >= 0.6 is 22.7 Å². The molecule has 1 fully saturated rings. The maximum absolute atomic E-state index is 14.2. The molecule has 2 aromatic heterocycles. The average molecular weight is 444 g/mol. The van der Waals surface area contributed by atoms with Crippen LogP contribution in [0.15, 0.2) is 41.8 Å². The number of piperazine rings is 1. The monoisotopic (exact) mass is 443 g/mol. The molecule has 1 saturated heterocycles. The number of aryl methyl sites for hydroxylation is 1. The van der Waals surface area contributed by atoms with E-state index in [-0.39, 0.29) is 17.8 Å². The van der Waals surface area contributed by atoms with Gasteiger partial charge in [-0.15, -0.1) is 22.7 Å². The first-order chi connectivity index (χ1) is 14.4. The first kappa shape index (κ1) is 21.2. The zero-order valence-electron chi connectivity index (χ0n) is 17.4. The van der Waals surface area contributed by atoms with Crippen molar-refractivity contribution >= 4 is 33.6 Å². The van der Waals surface area contributed by atoms with Crippen LogP contribution in [0.25, 0.3) is 0 Å². The molecule has 0 aliphatic carbocycles. The predicted molar refractivity (Wildman–Crippen MR) is 123 cm³/mol. The second-order valence-electron chi connectivity index (χ2n) is 7.75. The van der Waals surface area contributed by atoms with Crippen molar-refractivity contribution in [3.63, 3.8) is 0 Å². The lowest BCUT2D eigenvalue weighted by atomic mass is 9.94. The third kappa shape index (κ3) is 4.34. The minimum atomic E-state index is -0.236. The molecule has 30 heavy (non-hydrogen) atoms. The van der Waals surface area contributed by atoms with Crippen molar-refractivity contribution in [3.8, 4) is 0 Å². The summed E-state index contributed by atoms with van der Waals surface area (Å²) in [6.07, 6.45) is 0. The Labute approximate surface area is 185 Å². The normalized spacial score (nSPS) is 16.5. The minimum absolute atomic E-state index is 0.0936. The molecule has 4 nitrogen and oxygen atoms in total. The van der Waals surface area contributed by atoms with E-state index >= 15 is 0 Å². The molecule has 3 heterocycles. The van der Waals surface area contributed by atoms with Gasteiger partial charge in [0.1, 0.15) is 10.8 Å².